The van der Waals surface area contributed by atoms with Gasteiger partial charge in [0, 0.05) is 99.3 Å². The Hall–Kier alpha value is -5.92. The number of unbranched alkanes of at least 4 members (excludes halogenated alkanes) is 2. The van der Waals surface area contributed by atoms with Gasteiger partial charge in [-0.25, -0.2) is 4.98 Å². The molecule has 1 aliphatic rings. The van der Waals surface area contributed by atoms with E-state index in [1.807, 2.05) is 24.3 Å². The number of aromatic amines is 2. The van der Waals surface area contributed by atoms with Crippen LogP contribution < -0.4 is 43.8 Å². The van der Waals surface area contributed by atoms with Crippen molar-refractivity contribution in [1.29, 1.82) is 0 Å². The highest BCUT2D eigenvalue weighted by molar-refractivity contribution is 8.76. The van der Waals surface area contributed by atoms with E-state index in [1.54, 1.807) is 6.20 Å². The van der Waals surface area contributed by atoms with Crippen LogP contribution in [0.25, 0.3) is 10.9 Å². The van der Waals surface area contributed by atoms with Gasteiger partial charge >= 0.3 is 0 Å². The third kappa shape index (κ3) is 19.3. The maximum atomic E-state index is 14.8. The Morgan fingerprint density at radius 1 is 0.776 bits per heavy atom. The van der Waals surface area contributed by atoms with Crippen molar-refractivity contribution in [3.63, 3.8) is 0 Å². The molecule has 1 fully saturated rings. The lowest BCUT2D eigenvalue weighted by Gasteiger charge is -2.29. The normalized spacial score (nSPS) is 18.9. The Labute approximate surface area is 467 Å². The number of imidazole rings is 1. The molecule has 0 radical (unpaired) electrons. The van der Waals surface area contributed by atoms with Crippen molar-refractivity contribution in [3.05, 3.63) is 86.0 Å². The van der Waals surface area contributed by atoms with Crippen LogP contribution in [0.2, 0.25) is 20.1 Å². The zero-order valence-electron chi connectivity index (χ0n) is 41.6. The number of aromatic nitrogens is 3. The number of nitrogens with one attached hydrogen (secondary N) is 7. The monoisotopic (exact) mass is 1170 g/mol. The van der Waals surface area contributed by atoms with Gasteiger partial charge in [0.2, 0.25) is 47.3 Å². The molecule has 28 heteroatoms. The molecule has 22 nitrogen and oxygen atoms in total. The summed E-state index contributed by atoms with van der Waals surface area (Å²) in [6.07, 6.45) is 5.85. The molecule has 0 spiro atoms. The second-order valence-electron chi connectivity index (χ2n) is 17.7. The van der Waals surface area contributed by atoms with Crippen molar-refractivity contribution in [1.82, 2.24) is 51.3 Å². The van der Waals surface area contributed by atoms with E-state index < -0.39 is 72.7 Å². The first kappa shape index (κ1) is 60.9. The Morgan fingerprint density at radius 2 is 1.45 bits per heavy atom. The Kier molecular flexibility index (Phi) is 24.6. The molecule has 76 heavy (non-hydrogen) atoms. The molecule has 1 aliphatic heterocycles. The van der Waals surface area contributed by atoms with Crippen molar-refractivity contribution in [3.8, 4) is 0 Å². The summed E-state index contributed by atoms with van der Waals surface area (Å²) in [4.78, 5) is 127. The SMILES string of the molecule is CC(=O)NCCCCCC(=O)N1CCSSCCN(CC(N)=O)C(=O)[C@H](Cc2c[nH]c3ccccc23)NC(=O)[C@H](CCCN=C(N)N)NC(=O)[C@@H](Cc2cc(Cl)c(Cl)c(Cl)c2Cl)NC(=O)[C@H](Cc2cnc[nH]2)NC(=O)C1. The van der Waals surface area contributed by atoms with Gasteiger partial charge in [0.15, 0.2) is 5.96 Å². The first-order valence-corrected chi connectivity index (χ1v) is 28.2. The fourth-order valence-electron chi connectivity index (χ4n) is 8.13. The number of nitrogens with zero attached hydrogens (tertiary/aromatic N) is 4. The zero-order chi connectivity index (χ0) is 55.3. The van der Waals surface area contributed by atoms with Crippen LogP contribution in [0.3, 0.4) is 0 Å². The average Bonchev–Trinajstić information content (AvgIpc) is 4.05. The van der Waals surface area contributed by atoms with Crippen molar-refractivity contribution in [2.24, 2.45) is 22.2 Å². The number of carbonyl (C=O) groups excluding carboxylic acids is 8. The smallest absolute Gasteiger partial charge is 0.245 e. The fraction of sp³-hybridized carbons (Fsp3) is 0.458. The number of aliphatic imine (C=N–C) groups is 1. The number of guanidine groups is 1. The van der Waals surface area contributed by atoms with E-state index in [-0.39, 0.29) is 107 Å². The van der Waals surface area contributed by atoms with E-state index in [0.29, 0.717) is 42.8 Å². The summed E-state index contributed by atoms with van der Waals surface area (Å²) < 4.78 is 0. The molecule has 0 aliphatic carbocycles. The number of benzene rings is 2. The van der Waals surface area contributed by atoms with Gasteiger partial charge in [-0.2, -0.15) is 0 Å². The highest BCUT2D eigenvalue weighted by Crippen LogP contribution is 2.38. The van der Waals surface area contributed by atoms with Crippen LogP contribution in [0.1, 0.15) is 62.3 Å². The molecule has 5 rings (SSSR count). The minimum atomic E-state index is -1.57. The largest absolute Gasteiger partial charge is 0.370 e. The molecule has 13 N–H and O–H groups in total. The number of rotatable bonds is 18. The second kappa shape index (κ2) is 30.7. The van der Waals surface area contributed by atoms with Crippen LogP contribution in [-0.2, 0) is 57.6 Å². The lowest BCUT2D eigenvalue weighted by molar-refractivity contribution is -0.139. The maximum Gasteiger partial charge on any atom is 0.245 e. The predicted octanol–water partition coefficient (Wildman–Crippen LogP) is 2.76. The molecule has 4 aromatic rings. The Bertz CT molecular complexity index is 2710. The van der Waals surface area contributed by atoms with Crippen LogP contribution in [0.15, 0.2) is 54.0 Å². The number of primary amides is 1. The first-order valence-electron chi connectivity index (χ1n) is 24.2. The third-order valence-electron chi connectivity index (χ3n) is 11.9. The van der Waals surface area contributed by atoms with E-state index in [9.17, 15) is 38.4 Å². The van der Waals surface area contributed by atoms with Crippen molar-refractivity contribution < 1.29 is 38.4 Å². The van der Waals surface area contributed by atoms with Gasteiger partial charge in [0.05, 0.1) is 39.5 Å². The first-order chi connectivity index (χ1) is 36.3. The third-order valence-corrected chi connectivity index (χ3v) is 16.1. The average molecular weight is 1170 g/mol. The number of nitrogens with two attached hydrogens (primary N) is 3. The van der Waals surface area contributed by atoms with Crippen LogP contribution in [-0.4, -0.2) is 153 Å². The lowest BCUT2D eigenvalue weighted by atomic mass is 10.0. The molecule has 2 aromatic heterocycles. The standard InChI is InChI=1S/C48H62Cl4N14O8S2/c1-27(67)57-12-6-2-3-11-40(70)65-14-16-75-76-17-15-66(24-38(53)68)47(74)37(20-29-22-59-33-9-5-4-8-31(29)33)64-44(71)34(10-7-13-58-48(54)55)62-45(72)35(19-28-18-32(49)42(51)43(52)41(28)50)63-46(73)36(61-39(69)25-65)21-30-23-56-26-60-30/h4-5,8-9,18,22-23,26,34-37,59H,2-3,6-7,10-17,19-21,24-25H2,1H3,(H2,53,68)(H,56,60)(H,57,67)(H,61,69)(H,62,72)(H,63,73)(H,64,71)(H4,54,55,58)/t34-,35+,36-,37-/m0/s1. The maximum absolute atomic E-state index is 14.8. The number of hydrogen-bond donors (Lipinski definition) is 10. The lowest BCUT2D eigenvalue weighted by Crippen LogP contribution is -2.60. The quantitative estimate of drug-likeness (QED) is 0.0171. The number of para-hydroxylation sites is 1. The molecule has 412 valence electrons. The van der Waals surface area contributed by atoms with Crippen molar-refractivity contribution in [2.45, 2.75) is 88.9 Å². The summed E-state index contributed by atoms with van der Waals surface area (Å²) in [5, 5.41) is 14.2. The number of hydrogen-bond acceptors (Lipinski definition) is 12. The van der Waals surface area contributed by atoms with Gasteiger partial charge in [-0.05, 0) is 48.9 Å². The molecule has 8 amide bonds. The molecule has 0 saturated carbocycles. The molecule has 3 heterocycles. The molecule has 0 bridgehead atoms. The summed E-state index contributed by atoms with van der Waals surface area (Å²) in [5.74, 6) is -4.82. The number of halogens is 4. The van der Waals surface area contributed by atoms with Crippen LogP contribution in [0, 0.1) is 0 Å². The minimum absolute atomic E-state index is 0.0162. The number of carbonyl (C=O) groups is 8. The van der Waals surface area contributed by atoms with Crippen LogP contribution >= 0.6 is 68.0 Å². The topological polar surface area (TPSA) is 338 Å². The van der Waals surface area contributed by atoms with Crippen molar-refractivity contribution >= 4 is 132 Å². The zero-order valence-corrected chi connectivity index (χ0v) is 46.2. The van der Waals surface area contributed by atoms with E-state index in [2.05, 4.69) is 46.5 Å². The molecule has 1 saturated heterocycles. The van der Waals surface area contributed by atoms with Crippen molar-refractivity contribution in [2.75, 3.05) is 50.8 Å². The van der Waals surface area contributed by atoms with E-state index in [1.165, 1.54) is 56.9 Å². The number of fused-ring (bicyclic) bond motifs is 1. The highest BCUT2D eigenvalue weighted by atomic mass is 35.5. The van der Waals surface area contributed by atoms with Gasteiger partial charge in [-0.3, -0.25) is 43.3 Å². The fourth-order valence-corrected chi connectivity index (χ4v) is 11.0. The summed E-state index contributed by atoms with van der Waals surface area (Å²) in [6, 6.07) is 3.05. The van der Waals surface area contributed by atoms with E-state index >= 15 is 0 Å². The molecule has 4 atom stereocenters. The van der Waals surface area contributed by atoms with Gasteiger partial charge in [0.25, 0.3) is 0 Å². The molecule has 2 aromatic carbocycles. The second-order valence-corrected chi connectivity index (χ2v) is 22.0. The van der Waals surface area contributed by atoms with Gasteiger partial charge < -0.3 is 63.6 Å². The predicted molar refractivity (Wildman–Crippen MR) is 297 cm³/mol. The highest BCUT2D eigenvalue weighted by Gasteiger charge is 2.35. The Morgan fingerprint density at radius 3 is 2.14 bits per heavy atom. The summed E-state index contributed by atoms with van der Waals surface area (Å²) in [7, 11) is 2.72. The summed E-state index contributed by atoms with van der Waals surface area (Å²) in [5.41, 5.74) is 18.9. The molecule has 0 unspecified atom stereocenters. The summed E-state index contributed by atoms with van der Waals surface area (Å²) >= 11 is 25.9. The van der Waals surface area contributed by atoms with E-state index in [4.69, 9.17) is 63.6 Å². The van der Waals surface area contributed by atoms with Crippen LogP contribution in [0.5, 0.6) is 0 Å². The van der Waals surface area contributed by atoms with Gasteiger partial charge in [-0.15, -0.1) is 0 Å². The summed E-state index contributed by atoms with van der Waals surface area (Å²) in [6.45, 7) is 1.09. The number of H-pyrrole nitrogens is 2. The van der Waals surface area contributed by atoms with Gasteiger partial charge in [-0.1, -0.05) is 92.6 Å². The van der Waals surface area contributed by atoms with Crippen LogP contribution in [0.4, 0.5) is 0 Å². The minimum Gasteiger partial charge on any atom is -0.370 e. The molecular formula is C48H62Cl4N14O8S2. The number of amides is 8. The van der Waals surface area contributed by atoms with Gasteiger partial charge in [0.1, 0.15) is 24.2 Å². The Balaban J connectivity index is 1.56. The molecular weight excluding hydrogens is 1110 g/mol. The van der Waals surface area contributed by atoms with E-state index in [0.717, 1.165) is 10.9 Å².